The van der Waals surface area contributed by atoms with Crippen LogP contribution >= 0.6 is 0 Å². The van der Waals surface area contributed by atoms with Gasteiger partial charge in [-0.25, -0.2) is 9.78 Å². The molecule has 0 unspecified atom stereocenters. The molecule has 2 amide bonds. The molecule has 0 aliphatic rings. The van der Waals surface area contributed by atoms with Gasteiger partial charge in [0.15, 0.2) is 0 Å². The molecule has 0 saturated carbocycles. The Kier molecular flexibility index (Phi) is 6.20. The lowest BCUT2D eigenvalue weighted by Gasteiger charge is -2.07. The number of anilines is 1. The SMILES string of the molecule is CCCCCNC(=O)Nc1ccc(-c2ncc(C(C)C)o2)cc1. The molecule has 2 rings (SSSR count). The zero-order valence-corrected chi connectivity index (χ0v) is 14.1. The van der Waals surface area contributed by atoms with E-state index in [1.54, 1.807) is 6.20 Å². The standard InChI is InChI=1S/C18H25N3O2/c1-4-5-6-11-19-18(22)21-15-9-7-14(8-10-15)17-20-12-16(23-17)13(2)3/h7-10,12-13H,4-6,11H2,1-3H3,(H2,19,21,22). The number of amides is 2. The van der Waals surface area contributed by atoms with Gasteiger partial charge in [-0.05, 0) is 30.7 Å². The van der Waals surface area contributed by atoms with Gasteiger partial charge in [0.25, 0.3) is 0 Å². The molecule has 5 nitrogen and oxygen atoms in total. The van der Waals surface area contributed by atoms with Crippen molar-refractivity contribution in [2.45, 2.75) is 46.0 Å². The maximum atomic E-state index is 11.8. The number of unbranched alkanes of at least 4 members (excludes halogenated alkanes) is 2. The Hall–Kier alpha value is -2.30. The topological polar surface area (TPSA) is 67.2 Å². The Balaban J connectivity index is 1.90. The van der Waals surface area contributed by atoms with Gasteiger partial charge < -0.3 is 15.1 Å². The highest BCUT2D eigenvalue weighted by Crippen LogP contribution is 2.24. The van der Waals surface area contributed by atoms with E-state index in [-0.39, 0.29) is 6.03 Å². The van der Waals surface area contributed by atoms with E-state index < -0.39 is 0 Å². The Labute approximate surface area is 137 Å². The van der Waals surface area contributed by atoms with Crippen molar-refractivity contribution in [2.24, 2.45) is 0 Å². The number of hydrogen-bond acceptors (Lipinski definition) is 3. The van der Waals surface area contributed by atoms with Crippen molar-refractivity contribution in [3.05, 3.63) is 36.2 Å². The number of nitrogens with zero attached hydrogens (tertiary/aromatic N) is 1. The summed E-state index contributed by atoms with van der Waals surface area (Å²) in [5.74, 6) is 1.78. The fraction of sp³-hybridized carbons (Fsp3) is 0.444. The number of aromatic nitrogens is 1. The van der Waals surface area contributed by atoms with Crippen molar-refractivity contribution in [1.29, 1.82) is 0 Å². The predicted octanol–water partition coefficient (Wildman–Crippen LogP) is 4.78. The summed E-state index contributed by atoms with van der Waals surface area (Å²) in [5.41, 5.74) is 1.64. The maximum absolute atomic E-state index is 11.8. The minimum absolute atomic E-state index is 0.174. The van der Waals surface area contributed by atoms with Crippen LogP contribution in [0.3, 0.4) is 0 Å². The molecule has 23 heavy (non-hydrogen) atoms. The highest BCUT2D eigenvalue weighted by molar-refractivity contribution is 5.89. The molecule has 0 radical (unpaired) electrons. The van der Waals surface area contributed by atoms with E-state index in [1.807, 2.05) is 24.3 Å². The van der Waals surface area contributed by atoms with Crippen LogP contribution in [0.2, 0.25) is 0 Å². The summed E-state index contributed by atoms with van der Waals surface area (Å²) in [7, 11) is 0. The van der Waals surface area contributed by atoms with Crippen molar-refractivity contribution < 1.29 is 9.21 Å². The Morgan fingerprint density at radius 3 is 2.57 bits per heavy atom. The van der Waals surface area contributed by atoms with Gasteiger partial charge in [-0.3, -0.25) is 0 Å². The summed E-state index contributed by atoms with van der Waals surface area (Å²) < 4.78 is 5.72. The van der Waals surface area contributed by atoms with Crippen LogP contribution in [-0.4, -0.2) is 17.6 Å². The average Bonchev–Trinajstić information content (AvgIpc) is 3.02. The molecular weight excluding hydrogens is 290 g/mol. The molecule has 1 heterocycles. The van der Waals surface area contributed by atoms with Crippen LogP contribution in [0, 0.1) is 0 Å². The molecule has 5 heteroatoms. The Bertz CT molecular complexity index is 617. The molecule has 0 fully saturated rings. The molecule has 124 valence electrons. The summed E-state index contributed by atoms with van der Waals surface area (Å²) in [6, 6.07) is 7.30. The summed E-state index contributed by atoms with van der Waals surface area (Å²) in [4.78, 5) is 16.0. The second-order valence-electron chi connectivity index (χ2n) is 5.89. The number of benzene rings is 1. The van der Waals surface area contributed by atoms with Gasteiger partial charge in [0.2, 0.25) is 5.89 Å². The fourth-order valence-electron chi connectivity index (χ4n) is 2.14. The van der Waals surface area contributed by atoms with Crippen molar-refractivity contribution in [3.63, 3.8) is 0 Å². The van der Waals surface area contributed by atoms with E-state index >= 15 is 0 Å². The Morgan fingerprint density at radius 1 is 1.22 bits per heavy atom. The fourth-order valence-corrected chi connectivity index (χ4v) is 2.14. The van der Waals surface area contributed by atoms with Crippen LogP contribution in [0.5, 0.6) is 0 Å². The highest BCUT2D eigenvalue weighted by Gasteiger charge is 2.09. The van der Waals surface area contributed by atoms with Crippen LogP contribution in [-0.2, 0) is 0 Å². The number of carbonyl (C=O) groups is 1. The molecule has 0 aliphatic heterocycles. The first-order valence-electron chi connectivity index (χ1n) is 8.21. The van der Waals surface area contributed by atoms with Gasteiger partial charge in [-0.2, -0.15) is 0 Å². The second-order valence-corrected chi connectivity index (χ2v) is 5.89. The first kappa shape index (κ1) is 17.1. The summed E-state index contributed by atoms with van der Waals surface area (Å²) in [6.45, 7) is 6.97. The maximum Gasteiger partial charge on any atom is 0.319 e. The van der Waals surface area contributed by atoms with Crippen LogP contribution in [0.1, 0.15) is 51.7 Å². The molecule has 0 spiro atoms. The highest BCUT2D eigenvalue weighted by atomic mass is 16.4. The molecule has 1 aromatic carbocycles. The lowest BCUT2D eigenvalue weighted by atomic mass is 10.2. The molecule has 0 aliphatic carbocycles. The van der Waals surface area contributed by atoms with Crippen molar-refractivity contribution in [1.82, 2.24) is 10.3 Å². The molecule has 0 atom stereocenters. The third-order valence-electron chi connectivity index (χ3n) is 3.55. The second kappa shape index (κ2) is 8.36. The monoisotopic (exact) mass is 315 g/mol. The summed E-state index contributed by atoms with van der Waals surface area (Å²) in [6.07, 6.45) is 5.04. The molecule has 0 saturated heterocycles. The van der Waals surface area contributed by atoms with Gasteiger partial charge in [-0.1, -0.05) is 33.6 Å². The minimum Gasteiger partial charge on any atom is -0.441 e. The lowest BCUT2D eigenvalue weighted by molar-refractivity contribution is 0.252. The van der Waals surface area contributed by atoms with Crippen LogP contribution in [0.15, 0.2) is 34.9 Å². The van der Waals surface area contributed by atoms with Gasteiger partial charge in [-0.15, -0.1) is 0 Å². The molecule has 2 aromatic rings. The first-order chi connectivity index (χ1) is 11.1. The van der Waals surface area contributed by atoms with Gasteiger partial charge >= 0.3 is 6.03 Å². The molecule has 0 bridgehead atoms. The van der Waals surface area contributed by atoms with Gasteiger partial charge in [0.1, 0.15) is 5.76 Å². The average molecular weight is 315 g/mol. The van der Waals surface area contributed by atoms with E-state index in [2.05, 4.69) is 36.4 Å². The third kappa shape index (κ3) is 5.13. The van der Waals surface area contributed by atoms with Crippen molar-refractivity contribution in [3.8, 4) is 11.5 Å². The number of carbonyl (C=O) groups excluding carboxylic acids is 1. The van der Waals surface area contributed by atoms with E-state index in [9.17, 15) is 4.79 Å². The van der Waals surface area contributed by atoms with E-state index in [0.29, 0.717) is 18.4 Å². The van der Waals surface area contributed by atoms with Crippen molar-refractivity contribution >= 4 is 11.7 Å². The van der Waals surface area contributed by atoms with E-state index in [4.69, 9.17) is 4.42 Å². The molecule has 1 aromatic heterocycles. The minimum atomic E-state index is -0.174. The van der Waals surface area contributed by atoms with E-state index in [0.717, 1.165) is 36.3 Å². The number of urea groups is 1. The number of rotatable bonds is 7. The largest absolute Gasteiger partial charge is 0.441 e. The predicted molar refractivity (Wildman–Crippen MR) is 92.6 cm³/mol. The Morgan fingerprint density at radius 2 is 1.96 bits per heavy atom. The number of oxazole rings is 1. The van der Waals surface area contributed by atoms with E-state index in [1.165, 1.54) is 0 Å². The lowest BCUT2D eigenvalue weighted by Crippen LogP contribution is -2.29. The van der Waals surface area contributed by atoms with Crippen LogP contribution in [0.25, 0.3) is 11.5 Å². The van der Waals surface area contributed by atoms with Crippen LogP contribution < -0.4 is 10.6 Å². The summed E-state index contributed by atoms with van der Waals surface area (Å²) in [5, 5.41) is 5.67. The van der Waals surface area contributed by atoms with Gasteiger partial charge in [0.05, 0.1) is 6.20 Å². The third-order valence-corrected chi connectivity index (χ3v) is 3.55. The molecular formula is C18H25N3O2. The van der Waals surface area contributed by atoms with Gasteiger partial charge in [0, 0.05) is 23.7 Å². The number of nitrogens with one attached hydrogen (secondary N) is 2. The zero-order chi connectivity index (χ0) is 16.7. The molecule has 2 N–H and O–H groups in total. The zero-order valence-electron chi connectivity index (χ0n) is 14.1. The normalized spacial score (nSPS) is 10.8. The van der Waals surface area contributed by atoms with Crippen LogP contribution in [0.4, 0.5) is 10.5 Å². The number of hydrogen-bond donors (Lipinski definition) is 2. The summed E-state index contributed by atoms with van der Waals surface area (Å²) >= 11 is 0. The quantitative estimate of drug-likeness (QED) is 0.723. The van der Waals surface area contributed by atoms with Crippen molar-refractivity contribution in [2.75, 3.05) is 11.9 Å². The first-order valence-corrected chi connectivity index (χ1v) is 8.21. The smallest absolute Gasteiger partial charge is 0.319 e.